The predicted molar refractivity (Wildman–Crippen MR) is 157 cm³/mol. The Hall–Kier alpha value is -2.80. The number of benzene rings is 3. The quantitative estimate of drug-likeness (QED) is 0.137. The first-order chi connectivity index (χ1) is 17.9. The van der Waals surface area contributed by atoms with Crippen LogP contribution in [0.4, 0.5) is 0 Å². The zero-order chi connectivity index (χ0) is 26.2. The van der Waals surface area contributed by atoms with E-state index < -0.39 is 0 Å². The van der Waals surface area contributed by atoms with Crippen molar-refractivity contribution in [3.63, 3.8) is 0 Å². The van der Waals surface area contributed by atoms with Gasteiger partial charge in [-0.2, -0.15) is 0 Å². The summed E-state index contributed by atoms with van der Waals surface area (Å²) in [5, 5.41) is 0.572. The monoisotopic (exact) mass is 551 g/mol. The molecule has 1 fully saturated rings. The Morgan fingerprint density at radius 1 is 1.03 bits per heavy atom. The number of hydrogen-bond acceptors (Lipinski definition) is 5. The maximum atomic E-state index is 13.1. The van der Waals surface area contributed by atoms with Crippen LogP contribution in [0, 0.1) is 0 Å². The Kier molecular flexibility index (Phi) is 9.67. The summed E-state index contributed by atoms with van der Waals surface area (Å²) in [5.41, 5.74) is 3.10. The number of carbonyl (C=O) groups excluding carboxylic acids is 1. The van der Waals surface area contributed by atoms with Crippen LogP contribution in [0.2, 0.25) is 5.02 Å². The summed E-state index contributed by atoms with van der Waals surface area (Å²) in [6.07, 6.45) is 3.64. The Morgan fingerprint density at radius 3 is 2.49 bits per heavy atom. The van der Waals surface area contributed by atoms with Gasteiger partial charge in [0.1, 0.15) is 15.8 Å². The van der Waals surface area contributed by atoms with Crippen LogP contribution in [0.15, 0.2) is 77.7 Å². The molecule has 0 spiro atoms. The summed E-state index contributed by atoms with van der Waals surface area (Å²) >= 11 is 13.0. The lowest BCUT2D eigenvalue weighted by Gasteiger charge is -2.14. The number of nitrogens with zero attached hydrogens (tertiary/aromatic N) is 1. The van der Waals surface area contributed by atoms with E-state index in [0.29, 0.717) is 52.1 Å². The van der Waals surface area contributed by atoms with Crippen LogP contribution in [-0.4, -0.2) is 28.3 Å². The van der Waals surface area contributed by atoms with Gasteiger partial charge in [0.25, 0.3) is 5.91 Å². The molecule has 0 radical (unpaired) electrons. The largest absolute Gasteiger partial charge is 0.493 e. The molecule has 0 bridgehead atoms. The van der Waals surface area contributed by atoms with Crippen molar-refractivity contribution in [1.82, 2.24) is 4.90 Å². The number of hydrogen-bond donors (Lipinski definition) is 0. The fourth-order valence-electron chi connectivity index (χ4n) is 3.87. The summed E-state index contributed by atoms with van der Waals surface area (Å²) in [6, 6.07) is 23.5. The van der Waals surface area contributed by atoms with Crippen molar-refractivity contribution in [2.24, 2.45) is 0 Å². The van der Waals surface area contributed by atoms with Crippen LogP contribution in [-0.2, 0) is 11.3 Å². The Labute approximate surface area is 233 Å². The highest BCUT2D eigenvalue weighted by atomic mass is 35.5. The fourth-order valence-corrected chi connectivity index (χ4v) is 5.29. The second-order valence-corrected chi connectivity index (χ2v) is 11.0. The number of thiocarbonyl (C=S) groups is 1. The average molecular weight is 552 g/mol. The van der Waals surface area contributed by atoms with E-state index in [2.05, 4.69) is 26.0 Å². The van der Waals surface area contributed by atoms with Crippen molar-refractivity contribution >= 4 is 51.9 Å². The number of carbonyl (C=O) groups is 1. The SMILES string of the molecule is CCC(C)c1ccc(OCCCOc2ccc(Cl)cc2C=C2SC(=S)N(Cc3ccccc3)C2=O)cc1. The molecule has 4 rings (SSSR count). The molecular formula is C30H30ClNO3S2. The molecule has 1 saturated heterocycles. The van der Waals surface area contributed by atoms with Crippen LogP contribution in [0.1, 0.15) is 49.3 Å². The molecule has 3 aromatic carbocycles. The van der Waals surface area contributed by atoms with E-state index in [1.165, 1.54) is 17.3 Å². The van der Waals surface area contributed by atoms with Gasteiger partial charge in [0, 0.05) is 17.0 Å². The molecule has 1 atom stereocenters. The molecule has 0 aliphatic carbocycles. The molecule has 1 unspecified atom stereocenters. The van der Waals surface area contributed by atoms with Gasteiger partial charge in [-0.15, -0.1) is 0 Å². The Balaban J connectivity index is 1.34. The van der Waals surface area contributed by atoms with Crippen LogP contribution in [0.5, 0.6) is 11.5 Å². The maximum Gasteiger partial charge on any atom is 0.266 e. The Bertz CT molecular complexity index is 1260. The van der Waals surface area contributed by atoms with Crippen LogP contribution in [0.3, 0.4) is 0 Å². The third-order valence-corrected chi connectivity index (χ3v) is 7.80. The molecule has 0 aromatic heterocycles. The van der Waals surface area contributed by atoms with Gasteiger partial charge in [-0.1, -0.05) is 91.9 Å². The molecule has 37 heavy (non-hydrogen) atoms. The van der Waals surface area contributed by atoms with E-state index in [1.807, 2.05) is 48.5 Å². The number of thioether (sulfide) groups is 1. The first-order valence-corrected chi connectivity index (χ1v) is 14.0. The predicted octanol–water partition coefficient (Wildman–Crippen LogP) is 8.10. The van der Waals surface area contributed by atoms with Crippen LogP contribution < -0.4 is 9.47 Å². The molecule has 0 N–H and O–H groups in total. The van der Waals surface area contributed by atoms with E-state index in [9.17, 15) is 4.79 Å². The molecular weight excluding hydrogens is 522 g/mol. The minimum absolute atomic E-state index is 0.113. The normalized spacial score (nSPS) is 15.3. The highest BCUT2D eigenvalue weighted by Crippen LogP contribution is 2.36. The molecule has 1 heterocycles. The number of rotatable bonds is 11. The summed E-state index contributed by atoms with van der Waals surface area (Å²) in [4.78, 5) is 15.3. The smallest absolute Gasteiger partial charge is 0.266 e. The molecule has 1 aliphatic heterocycles. The van der Waals surface area contributed by atoms with Crippen molar-refractivity contribution in [2.75, 3.05) is 13.2 Å². The average Bonchev–Trinajstić information content (AvgIpc) is 3.17. The van der Waals surface area contributed by atoms with Crippen molar-refractivity contribution in [2.45, 2.75) is 39.2 Å². The number of amides is 1. The van der Waals surface area contributed by atoms with Gasteiger partial charge >= 0.3 is 0 Å². The lowest BCUT2D eigenvalue weighted by Crippen LogP contribution is -2.27. The van der Waals surface area contributed by atoms with E-state index in [4.69, 9.17) is 33.3 Å². The van der Waals surface area contributed by atoms with Gasteiger partial charge in [0.15, 0.2) is 0 Å². The summed E-state index contributed by atoms with van der Waals surface area (Å²) < 4.78 is 12.5. The van der Waals surface area contributed by atoms with E-state index in [1.54, 1.807) is 23.1 Å². The van der Waals surface area contributed by atoms with E-state index in [-0.39, 0.29) is 5.91 Å². The highest BCUT2D eigenvalue weighted by molar-refractivity contribution is 8.26. The van der Waals surface area contributed by atoms with E-state index in [0.717, 1.165) is 23.3 Å². The van der Waals surface area contributed by atoms with Crippen LogP contribution >= 0.6 is 35.6 Å². The molecule has 1 aliphatic rings. The van der Waals surface area contributed by atoms with Crippen LogP contribution in [0.25, 0.3) is 6.08 Å². The number of ether oxygens (including phenoxy) is 2. The van der Waals surface area contributed by atoms with Gasteiger partial charge in [-0.25, -0.2) is 0 Å². The molecule has 4 nitrogen and oxygen atoms in total. The fraction of sp³-hybridized carbons (Fsp3) is 0.267. The second kappa shape index (κ2) is 13.1. The molecule has 7 heteroatoms. The van der Waals surface area contributed by atoms with Gasteiger partial charge in [-0.05, 0) is 59.9 Å². The van der Waals surface area contributed by atoms with Gasteiger partial charge in [0.05, 0.1) is 24.7 Å². The second-order valence-electron chi connectivity index (χ2n) is 8.86. The number of halogens is 1. The van der Waals surface area contributed by atoms with Gasteiger partial charge in [0.2, 0.25) is 0 Å². The topological polar surface area (TPSA) is 38.8 Å². The zero-order valence-electron chi connectivity index (χ0n) is 21.0. The van der Waals surface area contributed by atoms with Crippen molar-refractivity contribution < 1.29 is 14.3 Å². The highest BCUT2D eigenvalue weighted by Gasteiger charge is 2.32. The van der Waals surface area contributed by atoms with Crippen molar-refractivity contribution in [1.29, 1.82) is 0 Å². The zero-order valence-corrected chi connectivity index (χ0v) is 23.4. The molecule has 1 amide bonds. The van der Waals surface area contributed by atoms with E-state index >= 15 is 0 Å². The first kappa shape index (κ1) is 27.2. The Morgan fingerprint density at radius 2 is 1.76 bits per heavy atom. The molecule has 0 saturated carbocycles. The third-order valence-electron chi connectivity index (χ3n) is 6.19. The lowest BCUT2D eigenvalue weighted by atomic mass is 9.99. The molecule has 192 valence electrons. The standard InChI is InChI=1S/C30H30ClNO3S2/c1-3-21(2)23-10-13-26(14-11-23)34-16-7-17-35-27-15-12-25(31)18-24(27)19-28-29(33)32(30(36)37-28)20-22-8-5-4-6-9-22/h4-6,8-15,18-19,21H,3,7,16-17,20H2,1-2H3. The van der Waals surface area contributed by atoms with Gasteiger partial charge < -0.3 is 9.47 Å². The van der Waals surface area contributed by atoms with Gasteiger partial charge in [-0.3, -0.25) is 9.69 Å². The summed E-state index contributed by atoms with van der Waals surface area (Å²) in [7, 11) is 0. The minimum Gasteiger partial charge on any atom is -0.493 e. The minimum atomic E-state index is -0.113. The third kappa shape index (κ3) is 7.37. The molecule has 3 aromatic rings. The maximum absolute atomic E-state index is 13.1. The van der Waals surface area contributed by atoms with Crippen molar-refractivity contribution in [3.8, 4) is 11.5 Å². The van der Waals surface area contributed by atoms with Crippen molar-refractivity contribution in [3.05, 3.63) is 99.4 Å². The summed E-state index contributed by atoms with van der Waals surface area (Å²) in [5.74, 6) is 1.95. The lowest BCUT2D eigenvalue weighted by molar-refractivity contribution is -0.122. The summed E-state index contributed by atoms with van der Waals surface area (Å²) in [6.45, 7) is 5.89. The first-order valence-electron chi connectivity index (χ1n) is 12.4.